The van der Waals surface area contributed by atoms with E-state index in [9.17, 15) is 18.0 Å². The minimum atomic E-state index is -3.76. The minimum absolute atomic E-state index is 0.0824. The van der Waals surface area contributed by atoms with Crippen molar-refractivity contribution in [3.05, 3.63) is 53.6 Å². The first-order valence-corrected chi connectivity index (χ1v) is 9.81. The molecule has 2 aromatic carbocycles. The van der Waals surface area contributed by atoms with Crippen molar-refractivity contribution in [2.24, 2.45) is 0 Å². The van der Waals surface area contributed by atoms with Gasteiger partial charge < -0.3 is 4.90 Å². The molecule has 136 valence electrons. The molecule has 1 heterocycles. The zero-order chi connectivity index (χ0) is 18.9. The second-order valence-electron chi connectivity index (χ2n) is 6.34. The highest BCUT2D eigenvalue weighted by atomic mass is 32.2. The maximum atomic E-state index is 12.5. The Labute approximate surface area is 152 Å². The molecule has 0 aromatic heterocycles. The van der Waals surface area contributed by atoms with Gasteiger partial charge in [-0.2, -0.15) is 0 Å². The molecule has 0 bridgehead atoms. The number of hydrogen-bond acceptors (Lipinski definition) is 4. The van der Waals surface area contributed by atoms with Crippen molar-refractivity contribution >= 4 is 33.1 Å². The fourth-order valence-electron chi connectivity index (χ4n) is 3.01. The monoisotopic (exact) mass is 372 g/mol. The van der Waals surface area contributed by atoms with Crippen LogP contribution in [-0.4, -0.2) is 26.7 Å². The maximum absolute atomic E-state index is 12.5. The average molecular weight is 372 g/mol. The molecule has 3 rings (SSSR count). The number of aryl methyl sites for hydroxylation is 1. The van der Waals surface area contributed by atoms with Crippen molar-refractivity contribution in [3.8, 4) is 0 Å². The number of nitrogens with one attached hydrogen (secondary N) is 1. The summed E-state index contributed by atoms with van der Waals surface area (Å²) in [5.41, 5.74) is 2.52. The van der Waals surface area contributed by atoms with Crippen molar-refractivity contribution in [1.82, 2.24) is 0 Å². The maximum Gasteiger partial charge on any atom is 0.261 e. The van der Waals surface area contributed by atoms with Crippen LogP contribution in [0.1, 0.15) is 35.7 Å². The largest absolute Gasteiger partial charge is 0.312 e. The van der Waals surface area contributed by atoms with Gasteiger partial charge >= 0.3 is 0 Å². The Morgan fingerprint density at radius 3 is 2.35 bits per heavy atom. The standard InChI is InChI=1S/C19H20N2O4S/c1-13-12-16(7-10-18(13)21-11-3-4-19(21)23)20-26(24,25)17-8-5-15(6-9-17)14(2)22/h5-10,12,20H,3-4,11H2,1-2H3. The molecule has 7 heteroatoms. The van der Waals surface area contributed by atoms with E-state index in [2.05, 4.69) is 4.72 Å². The SMILES string of the molecule is CC(=O)c1ccc(S(=O)(=O)Nc2ccc(N3CCCC3=O)c(C)c2)cc1. The number of rotatable bonds is 5. The first-order chi connectivity index (χ1) is 12.3. The Kier molecular flexibility index (Phi) is 4.82. The second-order valence-corrected chi connectivity index (χ2v) is 8.02. The van der Waals surface area contributed by atoms with Crippen LogP contribution in [0, 0.1) is 6.92 Å². The topological polar surface area (TPSA) is 83.6 Å². The van der Waals surface area contributed by atoms with Crippen molar-refractivity contribution in [2.75, 3.05) is 16.2 Å². The van der Waals surface area contributed by atoms with E-state index >= 15 is 0 Å². The van der Waals surface area contributed by atoms with Gasteiger partial charge in [0.1, 0.15) is 0 Å². The number of benzene rings is 2. The number of sulfonamides is 1. The molecule has 0 spiro atoms. The quantitative estimate of drug-likeness (QED) is 0.818. The first kappa shape index (κ1) is 18.1. The fourth-order valence-corrected chi connectivity index (χ4v) is 4.06. The van der Waals surface area contributed by atoms with Gasteiger partial charge in [-0.3, -0.25) is 14.3 Å². The predicted molar refractivity (Wildman–Crippen MR) is 100 cm³/mol. The smallest absolute Gasteiger partial charge is 0.261 e. The zero-order valence-electron chi connectivity index (χ0n) is 14.7. The zero-order valence-corrected chi connectivity index (χ0v) is 15.5. The minimum Gasteiger partial charge on any atom is -0.312 e. The summed E-state index contributed by atoms with van der Waals surface area (Å²) >= 11 is 0. The molecular formula is C19H20N2O4S. The molecule has 26 heavy (non-hydrogen) atoms. The summed E-state index contributed by atoms with van der Waals surface area (Å²) in [6.07, 6.45) is 1.38. The van der Waals surface area contributed by atoms with E-state index in [0.29, 0.717) is 24.2 Å². The lowest BCUT2D eigenvalue weighted by molar-refractivity contribution is -0.117. The number of carbonyl (C=O) groups excluding carboxylic acids is 2. The summed E-state index contributed by atoms with van der Waals surface area (Å²) in [7, 11) is -3.76. The van der Waals surface area contributed by atoms with Gasteiger partial charge in [0.15, 0.2) is 5.78 Å². The van der Waals surface area contributed by atoms with Gasteiger partial charge in [-0.1, -0.05) is 12.1 Å². The molecule has 2 aromatic rings. The van der Waals surface area contributed by atoms with Gasteiger partial charge in [-0.25, -0.2) is 8.42 Å². The number of ketones is 1. The van der Waals surface area contributed by atoms with E-state index in [1.54, 1.807) is 23.1 Å². The Bertz CT molecular complexity index is 966. The number of Topliss-reactive ketones (excluding diaryl/α,β-unsaturated/α-hetero) is 1. The van der Waals surface area contributed by atoms with Crippen LogP contribution in [-0.2, 0) is 14.8 Å². The van der Waals surface area contributed by atoms with E-state index in [1.807, 2.05) is 6.92 Å². The van der Waals surface area contributed by atoms with Gasteiger partial charge in [-0.05, 0) is 56.2 Å². The first-order valence-electron chi connectivity index (χ1n) is 8.33. The van der Waals surface area contributed by atoms with E-state index in [-0.39, 0.29) is 16.6 Å². The molecule has 0 aliphatic carbocycles. The lowest BCUT2D eigenvalue weighted by Crippen LogP contribution is -2.24. The highest BCUT2D eigenvalue weighted by Crippen LogP contribution is 2.28. The lowest BCUT2D eigenvalue weighted by Gasteiger charge is -2.19. The Balaban J connectivity index is 1.82. The van der Waals surface area contributed by atoms with E-state index in [1.165, 1.54) is 31.2 Å². The third-order valence-electron chi connectivity index (χ3n) is 4.38. The second kappa shape index (κ2) is 6.92. The summed E-state index contributed by atoms with van der Waals surface area (Å²) in [5, 5.41) is 0. The summed E-state index contributed by atoms with van der Waals surface area (Å²) < 4.78 is 27.6. The molecule has 1 saturated heterocycles. The number of hydrogen-bond donors (Lipinski definition) is 1. The third-order valence-corrected chi connectivity index (χ3v) is 5.78. The summed E-state index contributed by atoms with van der Waals surface area (Å²) in [4.78, 5) is 25.0. The van der Waals surface area contributed by atoms with Crippen molar-refractivity contribution in [1.29, 1.82) is 0 Å². The highest BCUT2D eigenvalue weighted by Gasteiger charge is 2.23. The molecule has 6 nitrogen and oxygen atoms in total. The number of amides is 1. The normalized spacial score (nSPS) is 14.5. The number of carbonyl (C=O) groups is 2. The summed E-state index contributed by atoms with van der Waals surface area (Å²) in [5.74, 6) is -0.0310. The Morgan fingerprint density at radius 2 is 1.81 bits per heavy atom. The average Bonchev–Trinajstić information content (AvgIpc) is 3.00. The van der Waals surface area contributed by atoms with Crippen molar-refractivity contribution < 1.29 is 18.0 Å². The van der Waals surface area contributed by atoms with Crippen LogP contribution in [0.4, 0.5) is 11.4 Å². The van der Waals surface area contributed by atoms with Crippen molar-refractivity contribution in [2.45, 2.75) is 31.6 Å². The Hall–Kier alpha value is -2.67. The molecule has 0 unspecified atom stereocenters. The van der Waals surface area contributed by atoms with Crippen LogP contribution in [0.2, 0.25) is 0 Å². The molecule has 0 saturated carbocycles. The van der Waals surface area contributed by atoms with Gasteiger partial charge in [-0.15, -0.1) is 0 Å². The van der Waals surface area contributed by atoms with E-state index in [4.69, 9.17) is 0 Å². The van der Waals surface area contributed by atoms with Crippen molar-refractivity contribution in [3.63, 3.8) is 0 Å². The van der Waals surface area contributed by atoms with Gasteiger partial charge in [0.2, 0.25) is 5.91 Å². The summed E-state index contributed by atoms with van der Waals surface area (Å²) in [6, 6.07) is 10.9. The molecule has 1 amide bonds. The fraction of sp³-hybridized carbons (Fsp3) is 0.263. The van der Waals surface area contributed by atoms with Crippen LogP contribution in [0.15, 0.2) is 47.4 Å². The molecule has 1 N–H and O–H groups in total. The van der Waals surface area contributed by atoms with Crippen LogP contribution in [0.5, 0.6) is 0 Å². The molecule has 0 atom stereocenters. The summed E-state index contributed by atoms with van der Waals surface area (Å²) in [6.45, 7) is 3.96. The third kappa shape index (κ3) is 3.62. The molecule has 1 fully saturated rings. The highest BCUT2D eigenvalue weighted by molar-refractivity contribution is 7.92. The van der Waals surface area contributed by atoms with Gasteiger partial charge in [0.05, 0.1) is 4.90 Å². The molecular weight excluding hydrogens is 352 g/mol. The van der Waals surface area contributed by atoms with Crippen LogP contribution in [0.25, 0.3) is 0 Å². The van der Waals surface area contributed by atoms with Crippen LogP contribution >= 0.6 is 0 Å². The molecule has 0 radical (unpaired) electrons. The van der Waals surface area contributed by atoms with Crippen LogP contribution in [0.3, 0.4) is 0 Å². The molecule has 1 aliphatic heterocycles. The van der Waals surface area contributed by atoms with Gasteiger partial charge in [0.25, 0.3) is 10.0 Å². The van der Waals surface area contributed by atoms with Gasteiger partial charge in [0, 0.05) is 29.9 Å². The lowest BCUT2D eigenvalue weighted by atomic mass is 10.1. The predicted octanol–water partition coefficient (Wildman–Crippen LogP) is 3.13. The Morgan fingerprint density at radius 1 is 1.12 bits per heavy atom. The number of nitrogens with zero attached hydrogens (tertiary/aromatic N) is 1. The van der Waals surface area contributed by atoms with E-state index < -0.39 is 10.0 Å². The number of anilines is 2. The van der Waals surface area contributed by atoms with Crippen LogP contribution < -0.4 is 9.62 Å². The molecule has 1 aliphatic rings. The van der Waals surface area contributed by atoms with E-state index in [0.717, 1.165) is 17.7 Å².